The Morgan fingerprint density at radius 2 is 2.10 bits per heavy atom. The second-order valence-electron chi connectivity index (χ2n) is 5.68. The van der Waals surface area contributed by atoms with E-state index in [1.807, 2.05) is 12.1 Å². The van der Waals surface area contributed by atoms with Gasteiger partial charge in [-0.15, -0.1) is 0 Å². The number of hydrogen-bond donors (Lipinski definition) is 3. The van der Waals surface area contributed by atoms with Crippen LogP contribution < -0.4 is 5.32 Å². The maximum absolute atomic E-state index is 12.1. The number of β-amino-alcohol motifs (C(OH)–C–C–N with tert-alkyl or cyclic N) is 1. The average molecular weight is 290 g/mol. The summed E-state index contributed by atoms with van der Waals surface area (Å²) in [7, 11) is 0. The molecule has 0 saturated carbocycles. The Balaban J connectivity index is 1.57. The first kappa shape index (κ1) is 13.9. The van der Waals surface area contributed by atoms with Crippen LogP contribution in [0.5, 0.6) is 0 Å². The number of carbonyl (C=O) groups is 2. The summed E-state index contributed by atoms with van der Waals surface area (Å²) in [6, 6.07) is 6.75. The summed E-state index contributed by atoms with van der Waals surface area (Å²) in [6.07, 6.45) is 0.262. The normalized spacial score (nSPS) is 26.9. The fourth-order valence-electron chi connectivity index (χ4n) is 3.13. The predicted octanol–water partition coefficient (Wildman–Crippen LogP) is 0.556. The lowest BCUT2D eigenvalue weighted by molar-refractivity contribution is -0.141. The molecule has 1 aliphatic heterocycles. The number of carboxylic acids is 1. The molecule has 6 heteroatoms. The van der Waals surface area contributed by atoms with Gasteiger partial charge >= 0.3 is 12.0 Å². The number of nitrogens with zero attached hydrogens (tertiary/aromatic N) is 1. The first-order valence-corrected chi connectivity index (χ1v) is 7.09. The molecule has 2 aliphatic rings. The molecule has 0 aromatic heterocycles. The standard InChI is InChI=1S/C15H18N2O4/c18-11-6-13(14(19)20)17(8-11)15(21)16-7-10-5-9-3-1-2-4-12(9)10/h1-4,10-11,13,18H,5-8H2,(H,16,21)(H,19,20)/t10?,11-,13+/m1/s1. The fraction of sp³-hybridized carbons (Fsp3) is 0.467. The van der Waals surface area contributed by atoms with E-state index < -0.39 is 24.1 Å². The highest BCUT2D eigenvalue weighted by atomic mass is 16.4. The maximum atomic E-state index is 12.1. The van der Waals surface area contributed by atoms with E-state index in [0.29, 0.717) is 12.5 Å². The summed E-state index contributed by atoms with van der Waals surface area (Å²) in [5.41, 5.74) is 2.55. The van der Waals surface area contributed by atoms with E-state index in [1.165, 1.54) is 16.0 Å². The smallest absolute Gasteiger partial charge is 0.326 e. The zero-order valence-corrected chi connectivity index (χ0v) is 11.5. The largest absolute Gasteiger partial charge is 0.480 e. The minimum atomic E-state index is -1.07. The number of aliphatic carboxylic acids is 1. The molecule has 1 unspecified atom stereocenters. The summed E-state index contributed by atoms with van der Waals surface area (Å²) in [5.74, 6) is -0.781. The van der Waals surface area contributed by atoms with Crippen molar-refractivity contribution in [2.45, 2.75) is 30.9 Å². The number of hydrogen-bond acceptors (Lipinski definition) is 3. The van der Waals surface area contributed by atoms with Crippen molar-refractivity contribution in [2.24, 2.45) is 0 Å². The van der Waals surface area contributed by atoms with Crippen LogP contribution in [0.1, 0.15) is 23.5 Å². The molecule has 3 rings (SSSR count). The van der Waals surface area contributed by atoms with E-state index in [2.05, 4.69) is 17.4 Å². The molecular weight excluding hydrogens is 272 g/mol. The van der Waals surface area contributed by atoms with Crippen LogP contribution >= 0.6 is 0 Å². The molecule has 1 aromatic carbocycles. The Morgan fingerprint density at radius 3 is 2.81 bits per heavy atom. The summed E-state index contributed by atoms with van der Waals surface area (Å²) in [4.78, 5) is 24.4. The maximum Gasteiger partial charge on any atom is 0.326 e. The minimum Gasteiger partial charge on any atom is -0.480 e. The number of likely N-dealkylation sites (tertiary alicyclic amines) is 1. The van der Waals surface area contributed by atoms with Crippen molar-refractivity contribution in [1.82, 2.24) is 10.2 Å². The number of rotatable bonds is 3. The van der Waals surface area contributed by atoms with Gasteiger partial charge < -0.3 is 20.4 Å². The van der Waals surface area contributed by atoms with Gasteiger partial charge in [-0.05, 0) is 17.5 Å². The van der Waals surface area contributed by atoms with E-state index in [0.717, 1.165) is 6.42 Å². The van der Waals surface area contributed by atoms with E-state index in [1.54, 1.807) is 0 Å². The number of carbonyl (C=O) groups excluding carboxylic acids is 1. The van der Waals surface area contributed by atoms with Gasteiger partial charge in [0.05, 0.1) is 6.10 Å². The Kier molecular flexibility index (Phi) is 3.55. The number of aliphatic hydroxyl groups excluding tert-OH is 1. The van der Waals surface area contributed by atoms with Crippen LogP contribution in [0.4, 0.5) is 4.79 Å². The molecule has 1 fully saturated rings. The number of nitrogens with one attached hydrogen (secondary N) is 1. The zero-order chi connectivity index (χ0) is 15.0. The van der Waals surface area contributed by atoms with Crippen LogP contribution in [0, 0.1) is 0 Å². The molecule has 0 radical (unpaired) electrons. The van der Waals surface area contributed by atoms with Crippen LogP contribution in [0.25, 0.3) is 0 Å². The SMILES string of the molecule is O=C(O)[C@@H]1C[C@@H](O)CN1C(=O)NCC1Cc2ccccc21. The number of fused-ring (bicyclic) bond motifs is 1. The summed E-state index contributed by atoms with van der Waals surface area (Å²) < 4.78 is 0. The van der Waals surface area contributed by atoms with Gasteiger partial charge in [0.2, 0.25) is 0 Å². The highest BCUT2D eigenvalue weighted by Gasteiger charge is 2.39. The topological polar surface area (TPSA) is 89.9 Å². The molecule has 1 aromatic rings. The molecule has 3 N–H and O–H groups in total. The Hall–Kier alpha value is -2.08. The molecule has 6 nitrogen and oxygen atoms in total. The second kappa shape index (κ2) is 5.37. The van der Waals surface area contributed by atoms with Crippen LogP contribution in [0.3, 0.4) is 0 Å². The molecule has 21 heavy (non-hydrogen) atoms. The van der Waals surface area contributed by atoms with Gasteiger partial charge in [0.15, 0.2) is 0 Å². The lowest BCUT2D eigenvalue weighted by Gasteiger charge is -2.31. The predicted molar refractivity (Wildman–Crippen MR) is 75.0 cm³/mol. The number of benzene rings is 1. The molecule has 2 amide bonds. The lowest BCUT2D eigenvalue weighted by atomic mass is 9.78. The quantitative estimate of drug-likeness (QED) is 0.758. The molecule has 1 aliphatic carbocycles. The van der Waals surface area contributed by atoms with Gasteiger partial charge in [0, 0.05) is 25.4 Å². The zero-order valence-electron chi connectivity index (χ0n) is 11.5. The van der Waals surface area contributed by atoms with Crippen molar-refractivity contribution in [1.29, 1.82) is 0 Å². The van der Waals surface area contributed by atoms with Gasteiger partial charge in [-0.3, -0.25) is 0 Å². The fourth-order valence-corrected chi connectivity index (χ4v) is 3.13. The Morgan fingerprint density at radius 1 is 1.33 bits per heavy atom. The molecule has 0 spiro atoms. The van der Waals surface area contributed by atoms with Crippen molar-refractivity contribution in [3.05, 3.63) is 35.4 Å². The first-order chi connectivity index (χ1) is 10.1. The third kappa shape index (κ3) is 2.58. The molecule has 3 atom stereocenters. The number of urea groups is 1. The second-order valence-corrected chi connectivity index (χ2v) is 5.68. The van der Waals surface area contributed by atoms with E-state index in [9.17, 15) is 14.7 Å². The van der Waals surface area contributed by atoms with Crippen LogP contribution in [0.15, 0.2) is 24.3 Å². The van der Waals surface area contributed by atoms with Gasteiger partial charge in [-0.25, -0.2) is 9.59 Å². The van der Waals surface area contributed by atoms with E-state index in [-0.39, 0.29) is 13.0 Å². The number of carboxylic acid groups (broad SMARTS) is 1. The van der Waals surface area contributed by atoms with Gasteiger partial charge in [0.1, 0.15) is 6.04 Å². The third-order valence-electron chi connectivity index (χ3n) is 4.29. The van der Waals surface area contributed by atoms with Crippen molar-refractivity contribution in [3.63, 3.8) is 0 Å². The summed E-state index contributed by atoms with van der Waals surface area (Å²) >= 11 is 0. The van der Waals surface area contributed by atoms with Gasteiger partial charge in [-0.1, -0.05) is 24.3 Å². The van der Waals surface area contributed by atoms with E-state index >= 15 is 0 Å². The Bertz CT molecular complexity index is 575. The van der Waals surface area contributed by atoms with Gasteiger partial charge in [-0.2, -0.15) is 0 Å². The molecular formula is C15H18N2O4. The molecule has 0 bridgehead atoms. The van der Waals surface area contributed by atoms with Crippen molar-refractivity contribution >= 4 is 12.0 Å². The lowest BCUT2D eigenvalue weighted by Crippen LogP contribution is -2.47. The van der Waals surface area contributed by atoms with Crippen molar-refractivity contribution in [2.75, 3.05) is 13.1 Å². The van der Waals surface area contributed by atoms with E-state index in [4.69, 9.17) is 5.11 Å². The molecule has 1 saturated heterocycles. The van der Waals surface area contributed by atoms with Crippen molar-refractivity contribution < 1.29 is 19.8 Å². The molecule has 1 heterocycles. The third-order valence-corrected chi connectivity index (χ3v) is 4.29. The van der Waals surface area contributed by atoms with Gasteiger partial charge in [0.25, 0.3) is 0 Å². The summed E-state index contributed by atoms with van der Waals surface area (Å²) in [6.45, 7) is 0.568. The minimum absolute atomic E-state index is 0.0735. The molecule has 112 valence electrons. The first-order valence-electron chi connectivity index (χ1n) is 7.09. The average Bonchev–Trinajstić information content (AvgIpc) is 2.82. The van der Waals surface area contributed by atoms with Crippen LogP contribution in [-0.2, 0) is 11.2 Å². The summed E-state index contributed by atoms with van der Waals surface area (Å²) in [5, 5.41) is 21.4. The highest BCUT2D eigenvalue weighted by Crippen LogP contribution is 2.34. The van der Waals surface area contributed by atoms with Crippen LogP contribution in [-0.4, -0.2) is 52.3 Å². The number of amides is 2. The van der Waals surface area contributed by atoms with Crippen LogP contribution in [0.2, 0.25) is 0 Å². The van der Waals surface area contributed by atoms with Crippen molar-refractivity contribution in [3.8, 4) is 0 Å². The number of aliphatic hydroxyl groups is 1. The highest BCUT2D eigenvalue weighted by molar-refractivity contribution is 5.83. The monoisotopic (exact) mass is 290 g/mol. The Labute approximate surface area is 122 Å².